The number of benzene rings is 1. The number of halogens is 2. The summed E-state index contributed by atoms with van der Waals surface area (Å²) < 4.78 is 1.95. The smallest absolute Gasteiger partial charge is 0.0946 e. The number of hydrogen-bond donors (Lipinski definition) is 1. The van der Waals surface area contributed by atoms with Crippen molar-refractivity contribution in [1.29, 1.82) is 0 Å². The molecule has 21 heavy (non-hydrogen) atoms. The van der Waals surface area contributed by atoms with Crippen molar-refractivity contribution in [3.8, 4) is 0 Å². The fourth-order valence-electron chi connectivity index (χ4n) is 3.28. The zero-order chi connectivity index (χ0) is 14.9. The van der Waals surface area contributed by atoms with Crippen LogP contribution in [0.5, 0.6) is 0 Å². The van der Waals surface area contributed by atoms with Crippen molar-refractivity contribution in [1.82, 2.24) is 9.55 Å². The quantitative estimate of drug-likeness (QED) is 0.924. The summed E-state index contributed by atoms with van der Waals surface area (Å²) >= 11 is 12.2. The highest BCUT2D eigenvalue weighted by molar-refractivity contribution is 6.35. The second-order valence-corrected chi connectivity index (χ2v) is 6.71. The monoisotopic (exact) mass is 324 g/mol. The fraction of sp³-hybridized carbons (Fsp3) is 0.438. The van der Waals surface area contributed by atoms with Crippen LogP contribution in [0.1, 0.15) is 24.8 Å². The van der Waals surface area contributed by atoms with Crippen LogP contribution < -0.4 is 0 Å². The highest BCUT2D eigenvalue weighted by Crippen LogP contribution is 2.40. The van der Waals surface area contributed by atoms with Gasteiger partial charge in [0.15, 0.2) is 0 Å². The van der Waals surface area contributed by atoms with Crippen LogP contribution in [0.4, 0.5) is 0 Å². The summed E-state index contributed by atoms with van der Waals surface area (Å²) in [6.45, 7) is 0.586. The molecular weight excluding hydrogens is 307 g/mol. The van der Waals surface area contributed by atoms with E-state index in [1.165, 1.54) is 0 Å². The first-order valence-electron chi connectivity index (χ1n) is 7.19. The Bertz CT molecular complexity index is 615. The van der Waals surface area contributed by atoms with Gasteiger partial charge < -0.3 is 9.67 Å². The molecule has 0 amide bonds. The van der Waals surface area contributed by atoms with Crippen molar-refractivity contribution >= 4 is 23.2 Å². The van der Waals surface area contributed by atoms with Crippen LogP contribution in [0, 0.1) is 5.92 Å². The summed E-state index contributed by atoms with van der Waals surface area (Å²) in [5.41, 5.74) is 0.362. The Morgan fingerprint density at radius 1 is 1.38 bits per heavy atom. The molecule has 3 rings (SSSR count). The van der Waals surface area contributed by atoms with Crippen molar-refractivity contribution in [3.05, 3.63) is 52.5 Å². The van der Waals surface area contributed by atoms with E-state index in [-0.39, 0.29) is 5.92 Å². The Kier molecular flexibility index (Phi) is 4.25. The normalized spacial score (nSPS) is 25.4. The average molecular weight is 325 g/mol. The molecule has 1 saturated carbocycles. The maximum absolute atomic E-state index is 11.0. The van der Waals surface area contributed by atoms with Gasteiger partial charge in [-0.1, -0.05) is 35.7 Å². The highest BCUT2D eigenvalue weighted by Gasteiger charge is 2.41. The van der Waals surface area contributed by atoms with Gasteiger partial charge in [0.1, 0.15) is 0 Å². The Balaban J connectivity index is 1.77. The summed E-state index contributed by atoms with van der Waals surface area (Å²) in [7, 11) is 0. The van der Waals surface area contributed by atoms with E-state index in [9.17, 15) is 5.11 Å². The largest absolute Gasteiger partial charge is 0.388 e. The molecule has 1 aromatic heterocycles. The first-order valence-corrected chi connectivity index (χ1v) is 7.94. The van der Waals surface area contributed by atoms with E-state index in [4.69, 9.17) is 23.2 Å². The molecule has 2 unspecified atom stereocenters. The number of rotatable bonds is 4. The molecular formula is C16H18Cl2N2O. The van der Waals surface area contributed by atoms with Gasteiger partial charge in [0.2, 0.25) is 0 Å². The molecule has 5 heteroatoms. The van der Waals surface area contributed by atoms with Crippen molar-refractivity contribution in [3.63, 3.8) is 0 Å². The number of imidazole rings is 1. The van der Waals surface area contributed by atoms with Gasteiger partial charge in [0, 0.05) is 22.4 Å². The minimum absolute atomic E-state index is 0.207. The molecule has 1 N–H and O–H groups in total. The third-order valence-electron chi connectivity index (χ3n) is 4.42. The predicted molar refractivity (Wildman–Crippen MR) is 84.7 cm³/mol. The zero-order valence-electron chi connectivity index (χ0n) is 11.7. The Hall–Kier alpha value is -1.03. The van der Waals surface area contributed by atoms with Gasteiger partial charge in [-0.15, -0.1) is 0 Å². The number of aromatic nitrogens is 2. The van der Waals surface area contributed by atoms with Gasteiger partial charge in [-0.25, -0.2) is 4.98 Å². The topological polar surface area (TPSA) is 38.0 Å². The van der Waals surface area contributed by atoms with Gasteiger partial charge in [0.05, 0.1) is 18.5 Å². The van der Waals surface area contributed by atoms with E-state index >= 15 is 0 Å². The van der Waals surface area contributed by atoms with Gasteiger partial charge in [-0.05, 0) is 42.9 Å². The molecule has 1 fully saturated rings. The molecule has 0 spiro atoms. The van der Waals surface area contributed by atoms with Gasteiger partial charge >= 0.3 is 0 Å². The van der Waals surface area contributed by atoms with E-state index in [1.807, 2.05) is 22.9 Å². The van der Waals surface area contributed by atoms with E-state index < -0.39 is 5.60 Å². The SMILES string of the molecule is OC1(Cn2ccnc2)CCCC1Cc1ccc(Cl)cc1Cl. The first kappa shape index (κ1) is 14.9. The lowest BCUT2D eigenvalue weighted by Gasteiger charge is -2.31. The summed E-state index contributed by atoms with van der Waals surface area (Å²) in [5, 5.41) is 12.3. The summed E-state index contributed by atoms with van der Waals surface area (Å²) in [5.74, 6) is 0.207. The standard InChI is InChI=1S/C16H18Cl2N2O/c17-14-4-3-12(15(18)9-14)8-13-2-1-5-16(13,21)10-20-7-6-19-11-20/h3-4,6-7,9,11,13,21H,1-2,5,8,10H2. The fourth-order valence-corrected chi connectivity index (χ4v) is 3.76. The molecule has 1 aliphatic carbocycles. The molecule has 2 aromatic rings. The van der Waals surface area contributed by atoms with Gasteiger partial charge in [-0.3, -0.25) is 0 Å². The zero-order valence-corrected chi connectivity index (χ0v) is 13.2. The summed E-state index contributed by atoms with van der Waals surface area (Å²) in [6.07, 6.45) is 9.04. The molecule has 1 heterocycles. The van der Waals surface area contributed by atoms with Crippen LogP contribution in [0.2, 0.25) is 10.0 Å². The molecule has 1 aliphatic rings. The molecule has 3 nitrogen and oxygen atoms in total. The third kappa shape index (κ3) is 3.25. The number of hydrogen-bond acceptors (Lipinski definition) is 2. The van der Waals surface area contributed by atoms with Crippen LogP contribution in [0.3, 0.4) is 0 Å². The van der Waals surface area contributed by atoms with Crippen LogP contribution in [-0.4, -0.2) is 20.3 Å². The van der Waals surface area contributed by atoms with Crippen molar-refractivity contribution < 1.29 is 5.11 Å². The Labute approximate surface area is 134 Å². The maximum atomic E-state index is 11.0. The maximum Gasteiger partial charge on any atom is 0.0946 e. The van der Waals surface area contributed by atoms with Crippen molar-refractivity contribution in [2.75, 3.05) is 0 Å². The second kappa shape index (κ2) is 5.99. The van der Waals surface area contributed by atoms with E-state index in [0.717, 1.165) is 31.2 Å². The summed E-state index contributed by atoms with van der Waals surface area (Å²) in [6, 6.07) is 5.58. The van der Waals surface area contributed by atoms with Crippen molar-refractivity contribution in [2.45, 2.75) is 37.8 Å². The van der Waals surface area contributed by atoms with E-state index in [2.05, 4.69) is 4.98 Å². The van der Waals surface area contributed by atoms with E-state index in [0.29, 0.717) is 16.6 Å². The predicted octanol–water partition coefficient (Wildman–Crippen LogP) is 3.96. The molecule has 0 saturated heterocycles. The lowest BCUT2D eigenvalue weighted by molar-refractivity contribution is -0.0134. The Morgan fingerprint density at radius 3 is 2.95 bits per heavy atom. The highest BCUT2D eigenvalue weighted by atomic mass is 35.5. The molecule has 0 bridgehead atoms. The second-order valence-electron chi connectivity index (χ2n) is 5.87. The van der Waals surface area contributed by atoms with Crippen molar-refractivity contribution in [2.24, 2.45) is 5.92 Å². The minimum atomic E-state index is -0.691. The lowest BCUT2D eigenvalue weighted by Crippen LogP contribution is -2.38. The number of aliphatic hydroxyl groups is 1. The molecule has 112 valence electrons. The van der Waals surface area contributed by atoms with Gasteiger partial charge in [0.25, 0.3) is 0 Å². The minimum Gasteiger partial charge on any atom is -0.388 e. The first-order chi connectivity index (χ1) is 10.1. The third-order valence-corrected chi connectivity index (χ3v) is 5.01. The van der Waals surface area contributed by atoms with Crippen LogP contribution >= 0.6 is 23.2 Å². The Morgan fingerprint density at radius 2 is 2.24 bits per heavy atom. The lowest BCUT2D eigenvalue weighted by atomic mass is 9.85. The molecule has 0 radical (unpaired) electrons. The molecule has 2 atom stereocenters. The summed E-state index contributed by atoms with van der Waals surface area (Å²) in [4.78, 5) is 4.04. The van der Waals surface area contributed by atoms with Crippen LogP contribution in [0.15, 0.2) is 36.9 Å². The van der Waals surface area contributed by atoms with Gasteiger partial charge in [-0.2, -0.15) is 0 Å². The molecule has 1 aromatic carbocycles. The van der Waals surface area contributed by atoms with Crippen LogP contribution in [-0.2, 0) is 13.0 Å². The molecule has 0 aliphatic heterocycles. The average Bonchev–Trinajstić information content (AvgIpc) is 3.04. The van der Waals surface area contributed by atoms with E-state index in [1.54, 1.807) is 18.6 Å². The number of nitrogens with zero attached hydrogens (tertiary/aromatic N) is 2. The van der Waals surface area contributed by atoms with Crippen LogP contribution in [0.25, 0.3) is 0 Å².